The normalized spacial score (nSPS) is 21.2. The van der Waals surface area contributed by atoms with Crippen molar-refractivity contribution in [2.45, 2.75) is 20.3 Å². The Morgan fingerprint density at radius 2 is 2.27 bits per heavy atom. The van der Waals surface area contributed by atoms with Crippen LogP contribution in [-0.4, -0.2) is 30.4 Å². The molecule has 2 rings (SSSR count). The summed E-state index contributed by atoms with van der Waals surface area (Å²) in [4.78, 5) is 13.5. The molecular formula is C12H18N2O. The maximum Gasteiger partial charge on any atom is 0.224 e. The van der Waals surface area contributed by atoms with Crippen molar-refractivity contribution in [3.05, 3.63) is 23.3 Å². The largest absolute Gasteiger partial charge is 0.369 e. The Morgan fingerprint density at radius 1 is 1.53 bits per heavy atom. The lowest BCUT2D eigenvalue weighted by Crippen LogP contribution is -2.42. The Morgan fingerprint density at radius 3 is 2.87 bits per heavy atom. The lowest BCUT2D eigenvalue weighted by molar-refractivity contribution is -0.126. The van der Waals surface area contributed by atoms with E-state index in [4.69, 9.17) is 5.73 Å². The zero-order valence-electron chi connectivity index (χ0n) is 9.42. The second-order valence-electron chi connectivity index (χ2n) is 5.13. The van der Waals surface area contributed by atoms with Crippen molar-refractivity contribution in [3.63, 3.8) is 0 Å². The zero-order chi connectivity index (χ0) is 11.1. The molecule has 0 spiro atoms. The molecule has 3 heteroatoms. The average Bonchev–Trinajstić information content (AvgIpc) is 2.62. The van der Waals surface area contributed by atoms with Gasteiger partial charge in [0.15, 0.2) is 0 Å². The zero-order valence-corrected chi connectivity index (χ0v) is 9.42. The van der Waals surface area contributed by atoms with Gasteiger partial charge in [0.25, 0.3) is 0 Å². The maximum absolute atomic E-state index is 11.2. The third-order valence-corrected chi connectivity index (χ3v) is 3.23. The first-order valence-electron chi connectivity index (χ1n) is 5.39. The van der Waals surface area contributed by atoms with Crippen LogP contribution in [0.25, 0.3) is 0 Å². The van der Waals surface area contributed by atoms with Gasteiger partial charge in [-0.15, -0.1) is 0 Å². The number of allylic oxidation sites excluding steroid dienone is 1. The van der Waals surface area contributed by atoms with Crippen LogP contribution < -0.4 is 5.73 Å². The number of carbonyl (C=O) groups excluding carboxylic acids is 1. The standard InChI is InChI=1S/C12H18N2O/c1-12(2,11(13)15)8-14-6-9-4-3-5-10(9)7-14/h3-4H,5-8H2,1-2H3,(H2,13,15). The smallest absolute Gasteiger partial charge is 0.224 e. The van der Waals surface area contributed by atoms with E-state index in [1.165, 1.54) is 11.1 Å². The second-order valence-corrected chi connectivity index (χ2v) is 5.13. The lowest BCUT2D eigenvalue weighted by Gasteiger charge is -2.27. The number of hydrogen-bond acceptors (Lipinski definition) is 2. The lowest BCUT2D eigenvalue weighted by atomic mass is 9.92. The number of carbonyl (C=O) groups is 1. The molecule has 0 aromatic rings. The molecule has 3 nitrogen and oxygen atoms in total. The topological polar surface area (TPSA) is 46.3 Å². The number of primary amides is 1. The summed E-state index contributed by atoms with van der Waals surface area (Å²) in [6, 6.07) is 0. The van der Waals surface area contributed by atoms with E-state index in [2.05, 4.69) is 17.1 Å². The van der Waals surface area contributed by atoms with Crippen LogP contribution in [0.1, 0.15) is 20.3 Å². The van der Waals surface area contributed by atoms with Crippen LogP contribution in [0.2, 0.25) is 0 Å². The highest BCUT2D eigenvalue weighted by Gasteiger charge is 2.31. The van der Waals surface area contributed by atoms with Crippen molar-refractivity contribution in [2.24, 2.45) is 11.1 Å². The van der Waals surface area contributed by atoms with Crippen molar-refractivity contribution in [1.82, 2.24) is 4.90 Å². The first-order valence-corrected chi connectivity index (χ1v) is 5.39. The molecule has 2 aliphatic rings. The molecule has 0 saturated heterocycles. The molecule has 1 aliphatic carbocycles. The van der Waals surface area contributed by atoms with E-state index in [-0.39, 0.29) is 5.91 Å². The molecule has 0 atom stereocenters. The fourth-order valence-corrected chi connectivity index (χ4v) is 2.24. The van der Waals surface area contributed by atoms with Crippen LogP contribution in [0.3, 0.4) is 0 Å². The number of nitrogens with two attached hydrogens (primary N) is 1. The highest BCUT2D eigenvalue weighted by atomic mass is 16.1. The Labute approximate surface area is 90.6 Å². The molecule has 0 aromatic heterocycles. The minimum absolute atomic E-state index is 0.217. The van der Waals surface area contributed by atoms with Gasteiger partial charge in [0.05, 0.1) is 5.41 Å². The quantitative estimate of drug-likeness (QED) is 0.750. The predicted molar refractivity (Wildman–Crippen MR) is 60.2 cm³/mol. The number of amides is 1. The van der Waals surface area contributed by atoms with Gasteiger partial charge in [-0.3, -0.25) is 9.69 Å². The molecule has 1 aliphatic heterocycles. The van der Waals surface area contributed by atoms with Crippen LogP contribution in [-0.2, 0) is 4.79 Å². The minimum atomic E-state index is -0.427. The molecule has 0 aromatic carbocycles. The van der Waals surface area contributed by atoms with Crippen LogP contribution in [0, 0.1) is 5.41 Å². The Kier molecular flexibility index (Phi) is 2.43. The van der Waals surface area contributed by atoms with Crippen molar-refractivity contribution in [3.8, 4) is 0 Å². The minimum Gasteiger partial charge on any atom is -0.369 e. The summed E-state index contributed by atoms with van der Waals surface area (Å²) < 4.78 is 0. The van der Waals surface area contributed by atoms with E-state index in [1.807, 2.05) is 13.8 Å². The molecule has 0 unspecified atom stereocenters. The third kappa shape index (κ3) is 1.97. The van der Waals surface area contributed by atoms with Gasteiger partial charge in [-0.1, -0.05) is 12.2 Å². The van der Waals surface area contributed by atoms with Crippen LogP contribution in [0.5, 0.6) is 0 Å². The van der Waals surface area contributed by atoms with Crippen molar-refractivity contribution in [2.75, 3.05) is 19.6 Å². The summed E-state index contributed by atoms with van der Waals surface area (Å²) in [5.74, 6) is -0.217. The number of nitrogens with zero attached hydrogens (tertiary/aromatic N) is 1. The van der Waals surface area contributed by atoms with E-state index in [0.717, 1.165) is 26.1 Å². The first-order chi connectivity index (χ1) is 6.99. The predicted octanol–water partition coefficient (Wildman–Crippen LogP) is 1.07. The molecule has 0 fully saturated rings. The molecule has 0 radical (unpaired) electrons. The molecule has 15 heavy (non-hydrogen) atoms. The third-order valence-electron chi connectivity index (χ3n) is 3.23. The van der Waals surface area contributed by atoms with Gasteiger partial charge in [0.1, 0.15) is 0 Å². The van der Waals surface area contributed by atoms with Gasteiger partial charge in [-0.2, -0.15) is 0 Å². The summed E-state index contributed by atoms with van der Waals surface area (Å²) in [6.07, 6.45) is 5.50. The van der Waals surface area contributed by atoms with Gasteiger partial charge in [-0.25, -0.2) is 0 Å². The molecule has 1 heterocycles. The summed E-state index contributed by atoms with van der Waals surface area (Å²) in [6.45, 7) is 6.55. The van der Waals surface area contributed by atoms with E-state index >= 15 is 0 Å². The summed E-state index contributed by atoms with van der Waals surface area (Å²) in [5, 5.41) is 0. The molecule has 82 valence electrons. The number of hydrogen-bond donors (Lipinski definition) is 1. The SMILES string of the molecule is CC(C)(CN1CC2=C(CC=C2)C1)C(N)=O. The Bertz CT molecular complexity index is 353. The van der Waals surface area contributed by atoms with E-state index in [0.29, 0.717) is 0 Å². The van der Waals surface area contributed by atoms with Crippen molar-refractivity contribution in [1.29, 1.82) is 0 Å². The summed E-state index contributed by atoms with van der Waals surface area (Å²) >= 11 is 0. The van der Waals surface area contributed by atoms with Gasteiger partial charge in [-0.05, 0) is 31.4 Å². The highest BCUT2D eigenvalue weighted by molar-refractivity contribution is 5.80. The van der Waals surface area contributed by atoms with Crippen LogP contribution in [0.15, 0.2) is 23.3 Å². The second kappa shape index (κ2) is 3.49. The molecular weight excluding hydrogens is 188 g/mol. The summed E-state index contributed by atoms with van der Waals surface area (Å²) in [5.41, 5.74) is 7.89. The highest BCUT2D eigenvalue weighted by Crippen LogP contribution is 2.29. The van der Waals surface area contributed by atoms with Crippen molar-refractivity contribution < 1.29 is 4.79 Å². The van der Waals surface area contributed by atoms with E-state index in [1.54, 1.807) is 0 Å². The van der Waals surface area contributed by atoms with Gasteiger partial charge in [0, 0.05) is 19.6 Å². The Balaban J connectivity index is 1.95. The van der Waals surface area contributed by atoms with Gasteiger partial charge in [0.2, 0.25) is 5.91 Å². The van der Waals surface area contributed by atoms with Crippen LogP contribution >= 0.6 is 0 Å². The monoisotopic (exact) mass is 206 g/mol. The van der Waals surface area contributed by atoms with Gasteiger partial charge >= 0.3 is 0 Å². The first kappa shape index (κ1) is 10.4. The van der Waals surface area contributed by atoms with Gasteiger partial charge < -0.3 is 5.73 Å². The van der Waals surface area contributed by atoms with Crippen LogP contribution in [0.4, 0.5) is 0 Å². The van der Waals surface area contributed by atoms with E-state index in [9.17, 15) is 4.79 Å². The fraction of sp³-hybridized carbons (Fsp3) is 0.583. The molecule has 0 saturated carbocycles. The van der Waals surface area contributed by atoms with Crippen molar-refractivity contribution >= 4 is 5.91 Å². The molecule has 1 amide bonds. The molecule has 0 bridgehead atoms. The number of rotatable bonds is 3. The summed E-state index contributed by atoms with van der Waals surface area (Å²) in [7, 11) is 0. The molecule has 2 N–H and O–H groups in total. The fourth-order valence-electron chi connectivity index (χ4n) is 2.24. The van der Waals surface area contributed by atoms with E-state index < -0.39 is 5.41 Å². The maximum atomic E-state index is 11.2. The Hall–Kier alpha value is -1.09. The average molecular weight is 206 g/mol.